The van der Waals surface area contributed by atoms with Gasteiger partial charge in [0.2, 0.25) is 0 Å². The van der Waals surface area contributed by atoms with Gasteiger partial charge in [0.1, 0.15) is 0 Å². The molecule has 130 valence electrons. The standard InChI is InChI=1S/C18H18N2O5/c1-24-16(21)13-8-9-15(14(10-13)17(22)25-2)20-18(23)19-11-12-6-4-3-5-7-12/h3-10H,11H2,1-2H3,(H2,19,20,23). The molecule has 0 atom stereocenters. The topological polar surface area (TPSA) is 93.7 Å². The van der Waals surface area contributed by atoms with Crippen LogP contribution in [0.25, 0.3) is 0 Å². The first-order valence-corrected chi connectivity index (χ1v) is 7.44. The van der Waals surface area contributed by atoms with Crippen LogP contribution in [0.5, 0.6) is 0 Å². The summed E-state index contributed by atoms with van der Waals surface area (Å²) < 4.78 is 9.32. The van der Waals surface area contributed by atoms with E-state index in [4.69, 9.17) is 4.74 Å². The lowest BCUT2D eigenvalue weighted by Crippen LogP contribution is -2.29. The van der Waals surface area contributed by atoms with Crippen molar-refractivity contribution in [3.05, 3.63) is 65.2 Å². The van der Waals surface area contributed by atoms with E-state index in [9.17, 15) is 14.4 Å². The molecule has 0 radical (unpaired) electrons. The first-order valence-electron chi connectivity index (χ1n) is 7.44. The number of hydrogen-bond acceptors (Lipinski definition) is 5. The minimum Gasteiger partial charge on any atom is -0.465 e. The number of rotatable bonds is 5. The molecule has 0 saturated carbocycles. The van der Waals surface area contributed by atoms with Crippen LogP contribution in [0.4, 0.5) is 10.5 Å². The highest BCUT2D eigenvalue weighted by molar-refractivity contribution is 6.03. The molecule has 0 aromatic heterocycles. The first kappa shape index (κ1) is 18.0. The molecule has 2 N–H and O–H groups in total. The van der Waals surface area contributed by atoms with E-state index in [0.29, 0.717) is 6.54 Å². The number of anilines is 1. The number of carbonyl (C=O) groups excluding carboxylic acids is 3. The fraction of sp³-hybridized carbons (Fsp3) is 0.167. The van der Waals surface area contributed by atoms with Crippen LogP contribution < -0.4 is 10.6 Å². The molecule has 0 spiro atoms. The average Bonchev–Trinajstić information content (AvgIpc) is 2.66. The van der Waals surface area contributed by atoms with Crippen molar-refractivity contribution in [2.75, 3.05) is 19.5 Å². The number of hydrogen-bond donors (Lipinski definition) is 2. The minimum atomic E-state index is -0.677. The van der Waals surface area contributed by atoms with Crippen molar-refractivity contribution in [2.24, 2.45) is 0 Å². The SMILES string of the molecule is COC(=O)c1ccc(NC(=O)NCc2ccccc2)c(C(=O)OC)c1. The summed E-state index contributed by atoms with van der Waals surface area (Å²) >= 11 is 0. The van der Waals surface area contributed by atoms with Gasteiger partial charge < -0.3 is 20.1 Å². The summed E-state index contributed by atoms with van der Waals surface area (Å²) in [6.45, 7) is 0.334. The molecule has 0 unspecified atom stereocenters. The normalized spacial score (nSPS) is 9.84. The molecule has 7 nitrogen and oxygen atoms in total. The highest BCUT2D eigenvalue weighted by atomic mass is 16.5. The number of amides is 2. The van der Waals surface area contributed by atoms with E-state index in [1.165, 1.54) is 32.4 Å². The van der Waals surface area contributed by atoms with Crippen molar-refractivity contribution in [3.8, 4) is 0 Å². The van der Waals surface area contributed by atoms with E-state index in [1.54, 1.807) is 0 Å². The van der Waals surface area contributed by atoms with Gasteiger partial charge in [0.15, 0.2) is 0 Å². The Morgan fingerprint density at radius 3 is 2.24 bits per heavy atom. The predicted octanol–water partition coefficient (Wildman–Crippen LogP) is 2.58. The van der Waals surface area contributed by atoms with Crippen molar-refractivity contribution in [2.45, 2.75) is 6.54 Å². The molecule has 2 aromatic carbocycles. The number of methoxy groups -OCH3 is 2. The van der Waals surface area contributed by atoms with Gasteiger partial charge in [-0.3, -0.25) is 0 Å². The maximum atomic E-state index is 12.1. The number of esters is 2. The summed E-state index contributed by atoms with van der Waals surface area (Å²) in [6, 6.07) is 13.1. The van der Waals surface area contributed by atoms with E-state index < -0.39 is 18.0 Å². The molecule has 0 aliphatic rings. The summed E-state index contributed by atoms with van der Waals surface area (Å²) in [6.07, 6.45) is 0. The van der Waals surface area contributed by atoms with Gasteiger partial charge in [-0.25, -0.2) is 14.4 Å². The van der Waals surface area contributed by atoms with E-state index >= 15 is 0 Å². The Kier molecular flexibility index (Phi) is 6.11. The monoisotopic (exact) mass is 342 g/mol. The highest BCUT2D eigenvalue weighted by Gasteiger charge is 2.17. The van der Waals surface area contributed by atoms with Gasteiger partial charge >= 0.3 is 18.0 Å². The maximum Gasteiger partial charge on any atom is 0.340 e. The van der Waals surface area contributed by atoms with E-state index in [-0.39, 0.29) is 16.8 Å². The minimum absolute atomic E-state index is 0.0558. The smallest absolute Gasteiger partial charge is 0.340 e. The molecule has 0 saturated heterocycles. The second-order valence-electron chi connectivity index (χ2n) is 5.04. The number of nitrogens with one attached hydrogen (secondary N) is 2. The fourth-order valence-electron chi connectivity index (χ4n) is 2.12. The van der Waals surface area contributed by atoms with Crippen molar-refractivity contribution in [3.63, 3.8) is 0 Å². The first-order chi connectivity index (χ1) is 12.0. The molecular weight excluding hydrogens is 324 g/mol. The van der Waals surface area contributed by atoms with Crippen LogP contribution in [0.2, 0.25) is 0 Å². The summed E-state index contributed by atoms with van der Waals surface area (Å²) in [7, 11) is 2.45. The Labute approximate surface area is 144 Å². The number of benzene rings is 2. The van der Waals surface area contributed by atoms with Crippen molar-refractivity contribution < 1.29 is 23.9 Å². The molecule has 2 aromatic rings. The zero-order valence-corrected chi connectivity index (χ0v) is 13.9. The van der Waals surface area contributed by atoms with Crippen LogP contribution >= 0.6 is 0 Å². The van der Waals surface area contributed by atoms with Gasteiger partial charge in [-0.2, -0.15) is 0 Å². The average molecular weight is 342 g/mol. The summed E-state index contributed by atoms with van der Waals surface area (Å²) in [4.78, 5) is 35.6. The predicted molar refractivity (Wildman–Crippen MR) is 91.4 cm³/mol. The molecule has 0 fully saturated rings. The zero-order valence-electron chi connectivity index (χ0n) is 13.9. The Morgan fingerprint density at radius 1 is 0.920 bits per heavy atom. The lowest BCUT2D eigenvalue weighted by molar-refractivity contribution is 0.0600. The molecule has 0 aliphatic heterocycles. The van der Waals surface area contributed by atoms with Crippen LogP contribution in [0, 0.1) is 0 Å². The summed E-state index contributed by atoms with van der Waals surface area (Å²) in [5, 5.41) is 5.26. The van der Waals surface area contributed by atoms with E-state index in [2.05, 4.69) is 15.4 Å². The number of carbonyl (C=O) groups is 3. The second-order valence-corrected chi connectivity index (χ2v) is 5.04. The third-order valence-corrected chi connectivity index (χ3v) is 3.39. The van der Waals surface area contributed by atoms with Gasteiger partial charge in [-0.05, 0) is 23.8 Å². The molecule has 0 heterocycles. The van der Waals surface area contributed by atoms with Crippen LogP contribution in [0.1, 0.15) is 26.3 Å². The van der Waals surface area contributed by atoms with Gasteiger partial charge in [-0.15, -0.1) is 0 Å². The zero-order chi connectivity index (χ0) is 18.2. The molecule has 0 aliphatic carbocycles. The van der Waals surface area contributed by atoms with Crippen LogP contribution in [0.3, 0.4) is 0 Å². The van der Waals surface area contributed by atoms with Gasteiger partial charge in [-0.1, -0.05) is 30.3 Å². The van der Waals surface area contributed by atoms with Crippen molar-refractivity contribution >= 4 is 23.7 Å². The molecule has 2 rings (SSSR count). The lowest BCUT2D eigenvalue weighted by Gasteiger charge is -2.12. The van der Waals surface area contributed by atoms with E-state index in [0.717, 1.165) is 5.56 Å². The quantitative estimate of drug-likeness (QED) is 0.815. The summed E-state index contributed by atoms with van der Waals surface area (Å²) in [5.74, 6) is -1.27. The van der Waals surface area contributed by atoms with Crippen LogP contribution in [0.15, 0.2) is 48.5 Å². The van der Waals surface area contributed by atoms with E-state index in [1.807, 2.05) is 30.3 Å². The number of urea groups is 1. The second kappa shape index (κ2) is 8.49. The Hall–Kier alpha value is -3.35. The van der Waals surface area contributed by atoms with Crippen LogP contribution in [-0.2, 0) is 16.0 Å². The molecular formula is C18H18N2O5. The third-order valence-electron chi connectivity index (χ3n) is 3.39. The Balaban J connectivity index is 2.13. The molecule has 0 bridgehead atoms. The Morgan fingerprint density at radius 2 is 1.60 bits per heavy atom. The fourth-order valence-corrected chi connectivity index (χ4v) is 2.12. The van der Waals surface area contributed by atoms with Crippen molar-refractivity contribution in [1.29, 1.82) is 0 Å². The van der Waals surface area contributed by atoms with Gasteiger partial charge in [0.05, 0.1) is 31.0 Å². The molecule has 7 heteroatoms. The molecule has 2 amide bonds. The van der Waals surface area contributed by atoms with Crippen molar-refractivity contribution in [1.82, 2.24) is 5.32 Å². The molecule has 25 heavy (non-hydrogen) atoms. The number of ether oxygens (including phenoxy) is 2. The highest BCUT2D eigenvalue weighted by Crippen LogP contribution is 2.19. The largest absolute Gasteiger partial charge is 0.465 e. The van der Waals surface area contributed by atoms with Gasteiger partial charge in [0, 0.05) is 6.54 Å². The third kappa shape index (κ3) is 4.81. The van der Waals surface area contributed by atoms with Gasteiger partial charge in [0.25, 0.3) is 0 Å². The summed E-state index contributed by atoms with van der Waals surface area (Å²) in [5.41, 5.74) is 1.40. The maximum absolute atomic E-state index is 12.1. The lowest BCUT2D eigenvalue weighted by atomic mass is 10.1. The van der Waals surface area contributed by atoms with Crippen LogP contribution in [-0.4, -0.2) is 32.2 Å². The Bertz CT molecular complexity index is 774.